The van der Waals surface area contributed by atoms with Crippen LogP contribution in [0.3, 0.4) is 0 Å². The molecule has 1 N–H and O–H groups in total. The first-order valence-electron chi connectivity index (χ1n) is 7.89. The summed E-state index contributed by atoms with van der Waals surface area (Å²) in [5.41, 5.74) is 0. The van der Waals surface area contributed by atoms with Gasteiger partial charge in [-0.15, -0.1) is 11.3 Å². The minimum Gasteiger partial charge on any atom is -0.381 e. The van der Waals surface area contributed by atoms with E-state index in [1.807, 2.05) is 0 Å². The van der Waals surface area contributed by atoms with Crippen LogP contribution in [0.5, 0.6) is 0 Å². The molecule has 3 rings (SSSR count). The molecule has 0 radical (unpaired) electrons. The number of carbonyl (C=O) groups is 1. The summed E-state index contributed by atoms with van der Waals surface area (Å²) in [6.45, 7) is 2.17. The second-order valence-corrected chi connectivity index (χ2v) is 6.99. The fourth-order valence-electron chi connectivity index (χ4n) is 3.28. The Morgan fingerprint density at radius 2 is 2.29 bits per heavy atom. The van der Waals surface area contributed by atoms with Gasteiger partial charge in [-0.25, -0.2) is 0 Å². The number of rotatable bonds is 6. The van der Waals surface area contributed by atoms with Gasteiger partial charge < -0.3 is 9.64 Å². The van der Waals surface area contributed by atoms with Crippen molar-refractivity contribution in [1.29, 1.82) is 0 Å². The maximum Gasteiger partial charge on any atom is 0.241 e. The predicted octanol–water partition coefficient (Wildman–Crippen LogP) is 2.91. The number of ether oxygens (including phenoxy) is 1. The number of carbonyl (C=O) groups excluding carboxylic acids is 1. The second-order valence-electron chi connectivity index (χ2n) is 6.01. The van der Waals surface area contributed by atoms with E-state index in [1.165, 1.54) is 4.88 Å². The molecule has 2 unspecified atom stereocenters. The summed E-state index contributed by atoms with van der Waals surface area (Å²) < 4.78 is 5.37. The van der Waals surface area contributed by atoms with Gasteiger partial charge in [0.25, 0.3) is 0 Å². The summed E-state index contributed by atoms with van der Waals surface area (Å²) in [6, 6.07) is 4.49. The van der Waals surface area contributed by atoms with Crippen LogP contribution in [0.25, 0.3) is 0 Å². The first kappa shape index (κ1) is 15.0. The zero-order valence-corrected chi connectivity index (χ0v) is 13.6. The number of amides is 1. The maximum atomic E-state index is 12.8. The predicted molar refractivity (Wildman–Crippen MR) is 84.2 cm³/mol. The van der Waals surface area contributed by atoms with Crippen LogP contribution in [-0.4, -0.2) is 36.1 Å². The molecule has 1 saturated heterocycles. The molecule has 1 saturated carbocycles. The van der Waals surface area contributed by atoms with Crippen molar-refractivity contribution in [3.05, 3.63) is 22.4 Å². The average Bonchev–Trinajstić information content (AvgIpc) is 3.05. The third-order valence-electron chi connectivity index (χ3n) is 4.65. The number of nitrogens with one attached hydrogen (secondary N) is 1. The van der Waals surface area contributed by atoms with E-state index < -0.39 is 0 Å². The standard InChI is InChI=1S/C16H24N2O2S/c1-3-4-6-13-16(19)18(11-9-12(10-11)20-2)15(17-13)14-7-5-8-21-14/h5,7-8,11-13,15,17H,3-4,6,9-10H2,1-2H3. The van der Waals surface area contributed by atoms with Crippen LogP contribution in [0, 0.1) is 0 Å². The van der Waals surface area contributed by atoms with Gasteiger partial charge in [0.2, 0.25) is 5.91 Å². The van der Waals surface area contributed by atoms with Gasteiger partial charge in [0.1, 0.15) is 6.17 Å². The highest BCUT2D eigenvalue weighted by Gasteiger charge is 2.47. The zero-order valence-electron chi connectivity index (χ0n) is 12.7. The van der Waals surface area contributed by atoms with Crippen LogP contribution < -0.4 is 5.32 Å². The molecule has 0 aromatic carbocycles. The lowest BCUT2D eigenvalue weighted by molar-refractivity contribution is -0.137. The summed E-state index contributed by atoms with van der Waals surface area (Å²) in [5.74, 6) is 0.279. The zero-order chi connectivity index (χ0) is 14.8. The van der Waals surface area contributed by atoms with E-state index in [2.05, 4.69) is 34.7 Å². The Labute approximate surface area is 130 Å². The maximum absolute atomic E-state index is 12.8. The number of thiophene rings is 1. The molecule has 4 nitrogen and oxygen atoms in total. The van der Waals surface area contributed by atoms with Gasteiger partial charge in [-0.05, 0) is 30.7 Å². The highest BCUT2D eigenvalue weighted by atomic mass is 32.1. The Kier molecular flexibility index (Phi) is 4.62. The Hall–Kier alpha value is -0.910. The molecule has 2 fully saturated rings. The van der Waals surface area contributed by atoms with E-state index in [0.717, 1.165) is 32.1 Å². The molecule has 2 aliphatic rings. The number of hydrogen-bond acceptors (Lipinski definition) is 4. The topological polar surface area (TPSA) is 41.6 Å². The average molecular weight is 308 g/mol. The van der Waals surface area contributed by atoms with E-state index in [4.69, 9.17) is 4.74 Å². The van der Waals surface area contributed by atoms with Crippen LogP contribution in [0.4, 0.5) is 0 Å². The number of hydrogen-bond donors (Lipinski definition) is 1. The molecule has 116 valence electrons. The summed E-state index contributed by atoms with van der Waals surface area (Å²) >= 11 is 1.72. The first-order chi connectivity index (χ1) is 10.2. The van der Waals surface area contributed by atoms with Crippen molar-refractivity contribution in [3.63, 3.8) is 0 Å². The lowest BCUT2D eigenvalue weighted by atomic mass is 9.87. The molecule has 21 heavy (non-hydrogen) atoms. The van der Waals surface area contributed by atoms with Crippen LogP contribution in [0.1, 0.15) is 50.1 Å². The van der Waals surface area contributed by atoms with E-state index in [9.17, 15) is 4.79 Å². The smallest absolute Gasteiger partial charge is 0.241 e. The largest absolute Gasteiger partial charge is 0.381 e. The third-order valence-corrected chi connectivity index (χ3v) is 5.57. The van der Waals surface area contributed by atoms with Crippen molar-refractivity contribution in [3.8, 4) is 0 Å². The molecule has 1 aliphatic heterocycles. The van der Waals surface area contributed by atoms with Gasteiger partial charge in [0, 0.05) is 18.0 Å². The fraction of sp³-hybridized carbons (Fsp3) is 0.688. The van der Waals surface area contributed by atoms with Crippen LogP contribution in [-0.2, 0) is 9.53 Å². The molecule has 1 aliphatic carbocycles. The highest BCUT2D eigenvalue weighted by Crippen LogP contribution is 2.38. The molecular formula is C16H24N2O2S. The van der Waals surface area contributed by atoms with Crippen molar-refractivity contribution in [2.45, 2.75) is 63.4 Å². The van der Waals surface area contributed by atoms with E-state index >= 15 is 0 Å². The van der Waals surface area contributed by atoms with Crippen molar-refractivity contribution in [1.82, 2.24) is 10.2 Å². The first-order valence-corrected chi connectivity index (χ1v) is 8.77. The summed E-state index contributed by atoms with van der Waals surface area (Å²) in [6.07, 6.45) is 5.47. The van der Waals surface area contributed by atoms with E-state index in [1.54, 1.807) is 18.4 Å². The minimum atomic E-state index is -0.0151. The summed E-state index contributed by atoms with van der Waals surface area (Å²) in [5, 5.41) is 5.64. The molecule has 1 aromatic heterocycles. The third kappa shape index (κ3) is 2.87. The quantitative estimate of drug-likeness (QED) is 0.878. The molecule has 5 heteroatoms. The SMILES string of the molecule is CCCCC1NC(c2cccs2)N(C2CC(OC)C2)C1=O. The minimum absolute atomic E-state index is 0.0151. The summed E-state index contributed by atoms with van der Waals surface area (Å²) in [4.78, 5) is 16.1. The van der Waals surface area contributed by atoms with Crippen molar-refractivity contribution in [2.24, 2.45) is 0 Å². The highest BCUT2D eigenvalue weighted by molar-refractivity contribution is 7.10. The van der Waals surface area contributed by atoms with Gasteiger partial charge in [0.05, 0.1) is 12.1 Å². The van der Waals surface area contributed by atoms with Crippen LogP contribution in [0.15, 0.2) is 17.5 Å². The van der Waals surface area contributed by atoms with E-state index in [0.29, 0.717) is 12.1 Å². The van der Waals surface area contributed by atoms with Crippen molar-refractivity contribution < 1.29 is 9.53 Å². The van der Waals surface area contributed by atoms with Crippen molar-refractivity contribution in [2.75, 3.05) is 7.11 Å². The number of unbranched alkanes of at least 4 members (excludes halogenated alkanes) is 1. The monoisotopic (exact) mass is 308 g/mol. The Morgan fingerprint density at radius 1 is 1.48 bits per heavy atom. The lowest BCUT2D eigenvalue weighted by Gasteiger charge is -2.42. The Balaban J connectivity index is 1.74. The normalized spacial score (nSPS) is 32.5. The van der Waals surface area contributed by atoms with E-state index in [-0.39, 0.29) is 18.1 Å². The van der Waals surface area contributed by atoms with Gasteiger partial charge in [0.15, 0.2) is 0 Å². The molecule has 1 aromatic rings. The van der Waals surface area contributed by atoms with Gasteiger partial charge >= 0.3 is 0 Å². The second kappa shape index (κ2) is 6.46. The van der Waals surface area contributed by atoms with Crippen LogP contribution in [0.2, 0.25) is 0 Å². The van der Waals surface area contributed by atoms with Gasteiger partial charge in [-0.3, -0.25) is 10.1 Å². The van der Waals surface area contributed by atoms with Gasteiger partial charge in [-0.1, -0.05) is 25.8 Å². The Bertz CT molecular complexity index is 471. The summed E-state index contributed by atoms with van der Waals surface area (Å²) in [7, 11) is 1.76. The molecule has 2 heterocycles. The van der Waals surface area contributed by atoms with Crippen LogP contribution >= 0.6 is 11.3 Å². The molecule has 0 spiro atoms. The molecular weight excluding hydrogens is 284 g/mol. The number of methoxy groups -OCH3 is 1. The lowest BCUT2D eigenvalue weighted by Crippen LogP contribution is -2.50. The van der Waals surface area contributed by atoms with Crippen molar-refractivity contribution >= 4 is 17.2 Å². The van der Waals surface area contributed by atoms with Gasteiger partial charge in [-0.2, -0.15) is 0 Å². The number of nitrogens with zero attached hydrogens (tertiary/aromatic N) is 1. The Morgan fingerprint density at radius 3 is 2.90 bits per heavy atom. The fourth-order valence-corrected chi connectivity index (χ4v) is 4.06. The molecule has 1 amide bonds. The molecule has 2 atom stereocenters. The molecule has 0 bridgehead atoms.